The molecule has 1 N–H and O–H groups in total. The maximum absolute atomic E-state index is 12.4. The summed E-state index contributed by atoms with van der Waals surface area (Å²) in [6.45, 7) is 1.20. The fourth-order valence-electron chi connectivity index (χ4n) is 2.64. The van der Waals surface area contributed by atoms with E-state index >= 15 is 0 Å². The zero-order valence-corrected chi connectivity index (χ0v) is 15.1. The molecule has 0 saturated carbocycles. The van der Waals surface area contributed by atoms with Crippen LogP contribution in [-0.4, -0.2) is 39.8 Å². The molecule has 0 spiro atoms. The minimum Gasteiger partial charge on any atom is -0.477 e. The first-order valence-corrected chi connectivity index (χ1v) is 9.42. The lowest BCUT2D eigenvalue weighted by Crippen LogP contribution is -2.49. The minimum absolute atomic E-state index is 0.0134. The Morgan fingerprint density at radius 1 is 1.15 bits per heavy atom. The van der Waals surface area contributed by atoms with Gasteiger partial charge in [-0.05, 0) is 31.2 Å². The monoisotopic (exact) mass is 374 g/mol. The Kier molecular flexibility index (Phi) is 4.80. The van der Waals surface area contributed by atoms with Crippen molar-refractivity contribution in [1.82, 2.24) is 4.72 Å². The van der Waals surface area contributed by atoms with Crippen molar-refractivity contribution in [2.24, 2.45) is 0 Å². The Bertz CT molecular complexity index is 954. The predicted octanol–water partition coefficient (Wildman–Crippen LogP) is 1.59. The Labute approximate surface area is 151 Å². The maximum Gasteiger partial charge on any atom is 0.269 e. The molecule has 0 fully saturated rings. The lowest BCUT2D eigenvalue weighted by molar-refractivity contribution is -0.125. The van der Waals surface area contributed by atoms with E-state index < -0.39 is 16.1 Å². The van der Waals surface area contributed by atoms with E-state index in [0.717, 1.165) is 0 Å². The number of likely N-dealkylation sites (N-methyl/N-ethyl adjacent to an activating group) is 1. The number of nitrogens with one attached hydrogen (secondary N) is 1. The predicted molar refractivity (Wildman–Crippen MR) is 95.9 cm³/mol. The number of Topliss-reactive ketones (excluding diaryl/α,β-unsaturated/α-hetero) is 1. The van der Waals surface area contributed by atoms with E-state index in [4.69, 9.17) is 4.74 Å². The number of carbonyl (C=O) groups excluding carboxylic acids is 2. The maximum atomic E-state index is 12.4. The van der Waals surface area contributed by atoms with Gasteiger partial charge in [0, 0.05) is 12.6 Å². The third-order valence-electron chi connectivity index (χ3n) is 4.13. The molecule has 0 saturated heterocycles. The van der Waals surface area contributed by atoms with E-state index in [2.05, 4.69) is 4.72 Å². The molecule has 1 aliphatic rings. The smallest absolute Gasteiger partial charge is 0.269 e. The van der Waals surface area contributed by atoms with Crippen molar-refractivity contribution < 1.29 is 22.7 Å². The Morgan fingerprint density at radius 2 is 1.81 bits per heavy atom. The largest absolute Gasteiger partial charge is 0.477 e. The number of hydrogen-bond acceptors (Lipinski definition) is 5. The molecule has 0 bridgehead atoms. The van der Waals surface area contributed by atoms with E-state index in [1.165, 1.54) is 36.1 Å². The van der Waals surface area contributed by atoms with E-state index in [1.807, 2.05) is 0 Å². The summed E-state index contributed by atoms with van der Waals surface area (Å²) in [7, 11) is -2.22. The van der Waals surface area contributed by atoms with Crippen LogP contribution in [0.2, 0.25) is 0 Å². The van der Waals surface area contributed by atoms with Gasteiger partial charge in [-0.1, -0.05) is 24.3 Å². The highest BCUT2D eigenvalue weighted by atomic mass is 32.2. The van der Waals surface area contributed by atoms with Crippen LogP contribution in [0.3, 0.4) is 0 Å². The van der Waals surface area contributed by atoms with Gasteiger partial charge in [0.05, 0.1) is 17.1 Å². The van der Waals surface area contributed by atoms with Crippen molar-refractivity contribution >= 4 is 27.4 Å². The van der Waals surface area contributed by atoms with Gasteiger partial charge in [0.15, 0.2) is 11.9 Å². The van der Waals surface area contributed by atoms with E-state index in [0.29, 0.717) is 17.0 Å². The second-order valence-corrected chi connectivity index (χ2v) is 7.67. The highest BCUT2D eigenvalue weighted by molar-refractivity contribution is 7.89. The van der Waals surface area contributed by atoms with Crippen molar-refractivity contribution in [3.05, 3.63) is 54.1 Å². The molecule has 1 aliphatic heterocycles. The second-order valence-electron chi connectivity index (χ2n) is 5.90. The molecular weight excluding hydrogens is 356 g/mol. The van der Waals surface area contributed by atoms with Crippen LogP contribution < -0.4 is 14.4 Å². The molecule has 1 amide bonds. The van der Waals surface area contributed by atoms with Crippen LogP contribution >= 0.6 is 0 Å². The quantitative estimate of drug-likeness (QED) is 0.803. The molecule has 8 heteroatoms. The first kappa shape index (κ1) is 18.1. The van der Waals surface area contributed by atoms with Gasteiger partial charge in [0.1, 0.15) is 5.75 Å². The van der Waals surface area contributed by atoms with Gasteiger partial charge in [-0.15, -0.1) is 0 Å². The van der Waals surface area contributed by atoms with Crippen LogP contribution in [0.4, 0.5) is 5.69 Å². The van der Waals surface area contributed by atoms with Gasteiger partial charge in [-0.2, -0.15) is 0 Å². The first-order chi connectivity index (χ1) is 12.3. The number of nitrogens with zero attached hydrogens (tertiary/aromatic N) is 1. The molecule has 1 heterocycles. The molecule has 1 unspecified atom stereocenters. The number of ether oxygens (including phenoxy) is 1. The molecule has 2 aromatic carbocycles. The summed E-state index contributed by atoms with van der Waals surface area (Å²) < 4.78 is 32.9. The molecule has 2 aromatic rings. The fourth-order valence-corrected chi connectivity index (χ4v) is 3.67. The number of sulfonamides is 1. The third-order valence-corrected chi connectivity index (χ3v) is 5.57. The molecule has 7 nitrogen and oxygen atoms in total. The number of benzene rings is 2. The normalized spacial score (nSPS) is 16.8. The van der Waals surface area contributed by atoms with Gasteiger partial charge in [0.2, 0.25) is 10.0 Å². The van der Waals surface area contributed by atoms with Gasteiger partial charge in [-0.25, -0.2) is 13.1 Å². The molecule has 1 atom stereocenters. The molecule has 136 valence electrons. The molecular formula is C18H18N2O5S. The summed E-state index contributed by atoms with van der Waals surface area (Å²) in [5.74, 6) is 0.0350. The molecule has 0 radical (unpaired) electrons. The highest BCUT2D eigenvalue weighted by Crippen LogP contribution is 2.32. The number of fused-ring (bicyclic) bond motifs is 1. The topological polar surface area (TPSA) is 92.8 Å². The standard InChI is InChI=1S/C18H18N2O5S/c1-12(21)13-7-9-14(10-8-13)26(23,24)19-11-17-18(22)20(2)15-5-3-4-6-16(15)25-17/h3-10,17,19H,11H2,1-2H3. The SMILES string of the molecule is CC(=O)c1ccc(S(=O)(=O)NCC2Oc3ccccc3N(C)C2=O)cc1. The zero-order chi connectivity index (χ0) is 18.9. The summed E-state index contributed by atoms with van der Waals surface area (Å²) in [6.07, 6.45) is -0.957. The van der Waals surface area contributed by atoms with Gasteiger partial charge >= 0.3 is 0 Å². The van der Waals surface area contributed by atoms with Crippen LogP contribution in [0.15, 0.2) is 53.4 Å². The summed E-state index contributed by atoms with van der Waals surface area (Å²) in [5.41, 5.74) is 1.06. The third kappa shape index (κ3) is 3.47. The molecule has 0 aromatic heterocycles. The molecule has 26 heavy (non-hydrogen) atoms. The number of carbonyl (C=O) groups is 2. The van der Waals surface area contributed by atoms with Gasteiger partial charge in [-0.3, -0.25) is 9.59 Å². The van der Waals surface area contributed by atoms with Crippen molar-refractivity contribution in [2.75, 3.05) is 18.5 Å². The van der Waals surface area contributed by atoms with Gasteiger partial charge in [0.25, 0.3) is 5.91 Å². The summed E-state index contributed by atoms with van der Waals surface area (Å²) >= 11 is 0. The van der Waals surface area contributed by atoms with Crippen molar-refractivity contribution in [3.8, 4) is 5.75 Å². The van der Waals surface area contributed by atoms with Crippen LogP contribution in [0, 0.1) is 0 Å². The van der Waals surface area contributed by atoms with Crippen LogP contribution in [0.5, 0.6) is 5.75 Å². The Hall–Kier alpha value is -2.71. The van der Waals surface area contributed by atoms with Crippen molar-refractivity contribution in [1.29, 1.82) is 0 Å². The Morgan fingerprint density at radius 3 is 2.46 bits per heavy atom. The fraction of sp³-hybridized carbons (Fsp3) is 0.222. The van der Waals surface area contributed by atoms with E-state index in [9.17, 15) is 18.0 Å². The lowest BCUT2D eigenvalue weighted by atomic mass is 10.2. The summed E-state index contributed by atoms with van der Waals surface area (Å²) in [5, 5.41) is 0. The number of hydrogen-bond donors (Lipinski definition) is 1. The van der Waals surface area contributed by atoms with E-state index in [1.54, 1.807) is 31.3 Å². The van der Waals surface area contributed by atoms with Crippen LogP contribution in [0.1, 0.15) is 17.3 Å². The lowest BCUT2D eigenvalue weighted by Gasteiger charge is -2.31. The second kappa shape index (κ2) is 6.89. The van der Waals surface area contributed by atoms with Crippen LogP contribution in [0.25, 0.3) is 0 Å². The summed E-state index contributed by atoms with van der Waals surface area (Å²) in [4.78, 5) is 25.1. The average Bonchev–Trinajstić information content (AvgIpc) is 2.63. The highest BCUT2D eigenvalue weighted by Gasteiger charge is 2.33. The Balaban J connectivity index is 1.74. The number of ketones is 1. The summed E-state index contributed by atoms with van der Waals surface area (Å²) in [6, 6.07) is 12.6. The van der Waals surface area contributed by atoms with Gasteiger partial charge < -0.3 is 9.64 Å². The molecule has 3 rings (SSSR count). The minimum atomic E-state index is -3.83. The number of anilines is 1. The van der Waals surface area contributed by atoms with Crippen molar-refractivity contribution in [3.63, 3.8) is 0 Å². The number of amides is 1. The zero-order valence-electron chi connectivity index (χ0n) is 14.3. The van der Waals surface area contributed by atoms with E-state index in [-0.39, 0.29) is 23.1 Å². The molecule has 0 aliphatic carbocycles. The first-order valence-electron chi connectivity index (χ1n) is 7.93. The van der Waals surface area contributed by atoms with Crippen LogP contribution in [-0.2, 0) is 14.8 Å². The van der Waals surface area contributed by atoms with Crippen molar-refractivity contribution in [2.45, 2.75) is 17.9 Å². The average molecular weight is 374 g/mol. The number of rotatable bonds is 5. The number of para-hydroxylation sites is 2.